The Hall–Kier alpha value is -1.26. The summed E-state index contributed by atoms with van der Waals surface area (Å²) in [5.74, 6) is 2.55. The first-order valence-corrected chi connectivity index (χ1v) is 3.56. The van der Waals surface area contributed by atoms with Crippen LogP contribution in [0.5, 0.6) is 0 Å². The normalized spacial score (nSPS) is 12.1. The number of hydrogen-bond acceptors (Lipinski definition) is 1. The number of rotatable bonds is 1. The molecule has 0 amide bonds. The van der Waals surface area contributed by atoms with Gasteiger partial charge in [0.2, 0.25) is 0 Å². The topological polar surface area (TPSA) is 26.0 Å². The molecule has 1 heteroatoms. The highest BCUT2D eigenvalue weighted by molar-refractivity contribution is 5.34. The number of nitrogens with two attached hydrogens (primary N) is 1. The predicted molar refractivity (Wildman–Crippen MR) is 47.0 cm³/mol. The monoisotopic (exact) mass is 145 g/mol. The van der Waals surface area contributed by atoms with Crippen molar-refractivity contribution in [3.05, 3.63) is 35.4 Å². The minimum absolute atomic E-state index is 0.0850. The lowest BCUT2D eigenvalue weighted by molar-refractivity contribution is 0.818. The predicted octanol–water partition coefficient (Wildman–Crippen LogP) is 1.69. The molecule has 1 nitrogen and oxygen atoms in total. The molecule has 0 radical (unpaired) electrons. The van der Waals surface area contributed by atoms with Gasteiger partial charge >= 0.3 is 0 Å². The van der Waals surface area contributed by atoms with Crippen LogP contribution in [0.25, 0.3) is 0 Å². The Morgan fingerprint density at radius 3 is 2.27 bits per heavy atom. The average molecular weight is 145 g/mol. The van der Waals surface area contributed by atoms with Crippen molar-refractivity contribution in [1.29, 1.82) is 0 Å². The maximum absolute atomic E-state index is 5.65. The third-order valence-electron chi connectivity index (χ3n) is 1.60. The first-order chi connectivity index (χ1) is 5.24. The summed E-state index contributed by atoms with van der Waals surface area (Å²) in [4.78, 5) is 0. The summed E-state index contributed by atoms with van der Waals surface area (Å²) in [5.41, 5.74) is 7.67. The van der Waals surface area contributed by atoms with Gasteiger partial charge in [-0.2, -0.15) is 0 Å². The highest BCUT2D eigenvalue weighted by Gasteiger charge is 1.96. The van der Waals surface area contributed by atoms with Crippen molar-refractivity contribution in [2.45, 2.75) is 13.0 Å². The molecular formula is C10H11N. The lowest BCUT2D eigenvalue weighted by atomic mass is 10.1. The molecule has 2 N–H and O–H groups in total. The van der Waals surface area contributed by atoms with Gasteiger partial charge in [-0.05, 0) is 24.6 Å². The van der Waals surface area contributed by atoms with Crippen LogP contribution in [0.2, 0.25) is 0 Å². The third-order valence-corrected chi connectivity index (χ3v) is 1.60. The summed E-state index contributed by atoms with van der Waals surface area (Å²) in [6.45, 7) is 1.95. The van der Waals surface area contributed by atoms with E-state index in [-0.39, 0.29) is 6.04 Å². The summed E-state index contributed by atoms with van der Waals surface area (Å²) in [6, 6.07) is 7.80. The van der Waals surface area contributed by atoms with Crippen molar-refractivity contribution in [1.82, 2.24) is 0 Å². The summed E-state index contributed by atoms with van der Waals surface area (Å²) < 4.78 is 0. The quantitative estimate of drug-likeness (QED) is 0.598. The largest absolute Gasteiger partial charge is 0.324 e. The number of benzene rings is 1. The van der Waals surface area contributed by atoms with Crippen LogP contribution >= 0.6 is 0 Å². The lowest BCUT2D eigenvalue weighted by Crippen LogP contribution is -2.04. The Labute approximate surface area is 67.2 Å². The van der Waals surface area contributed by atoms with Gasteiger partial charge in [0, 0.05) is 11.6 Å². The smallest absolute Gasteiger partial charge is 0.0266 e. The van der Waals surface area contributed by atoms with E-state index in [1.54, 1.807) is 0 Å². The minimum atomic E-state index is 0.0850. The molecule has 0 saturated carbocycles. The van der Waals surface area contributed by atoms with Crippen LogP contribution in [0.1, 0.15) is 24.1 Å². The SMILES string of the molecule is C#Cc1ccc([C@@H](C)N)cc1. The molecule has 0 unspecified atom stereocenters. The molecule has 1 rings (SSSR count). The van der Waals surface area contributed by atoms with E-state index in [9.17, 15) is 0 Å². The zero-order valence-corrected chi connectivity index (χ0v) is 6.54. The van der Waals surface area contributed by atoms with Crippen molar-refractivity contribution >= 4 is 0 Å². The van der Waals surface area contributed by atoms with E-state index in [4.69, 9.17) is 12.2 Å². The highest BCUT2D eigenvalue weighted by atomic mass is 14.6. The Balaban J connectivity index is 2.94. The summed E-state index contributed by atoms with van der Waals surface area (Å²) >= 11 is 0. The van der Waals surface area contributed by atoms with Gasteiger partial charge in [0.15, 0.2) is 0 Å². The first kappa shape index (κ1) is 7.84. The number of hydrogen-bond donors (Lipinski definition) is 1. The standard InChI is InChI=1S/C10H11N/c1-3-9-4-6-10(7-5-9)8(2)11/h1,4-8H,11H2,2H3/t8-/m1/s1. The summed E-state index contributed by atoms with van der Waals surface area (Å²) in [7, 11) is 0. The van der Waals surface area contributed by atoms with Crippen molar-refractivity contribution in [3.8, 4) is 12.3 Å². The molecule has 1 aromatic rings. The Morgan fingerprint density at radius 2 is 1.91 bits per heavy atom. The molecule has 0 aromatic heterocycles. The van der Waals surface area contributed by atoms with Crippen LogP contribution < -0.4 is 5.73 Å². The summed E-state index contributed by atoms with van der Waals surface area (Å²) in [6.07, 6.45) is 5.19. The van der Waals surface area contributed by atoms with Gasteiger partial charge in [0.25, 0.3) is 0 Å². The Bertz CT molecular complexity index is 264. The molecule has 0 spiro atoms. The van der Waals surface area contributed by atoms with E-state index in [1.165, 1.54) is 0 Å². The molecule has 1 aromatic carbocycles. The zero-order valence-electron chi connectivity index (χ0n) is 6.54. The van der Waals surface area contributed by atoms with Crippen LogP contribution in [0.3, 0.4) is 0 Å². The van der Waals surface area contributed by atoms with Crippen molar-refractivity contribution in [3.63, 3.8) is 0 Å². The maximum atomic E-state index is 5.65. The molecule has 0 fully saturated rings. The summed E-state index contributed by atoms with van der Waals surface area (Å²) in [5, 5.41) is 0. The van der Waals surface area contributed by atoms with Crippen LogP contribution in [-0.2, 0) is 0 Å². The average Bonchev–Trinajstić information content (AvgIpc) is 2.05. The van der Waals surface area contributed by atoms with Crippen molar-refractivity contribution in [2.75, 3.05) is 0 Å². The van der Waals surface area contributed by atoms with E-state index >= 15 is 0 Å². The molecule has 1 atom stereocenters. The van der Waals surface area contributed by atoms with E-state index in [0.717, 1.165) is 11.1 Å². The molecule has 0 aliphatic carbocycles. The van der Waals surface area contributed by atoms with Crippen molar-refractivity contribution < 1.29 is 0 Å². The van der Waals surface area contributed by atoms with Crippen LogP contribution in [0.4, 0.5) is 0 Å². The first-order valence-electron chi connectivity index (χ1n) is 3.56. The van der Waals surface area contributed by atoms with Gasteiger partial charge in [0.1, 0.15) is 0 Å². The Morgan fingerprint density at radius 1 is 1.36 bits per heavy atom. The molecule has 0 aliphatic rings. The number of terminal acetylenes is 1. The van der Waals surface area contributed by atoms with E-state index in [0.29, 0.717) is 0 Å². The van der Waals surface area contributed by atoms with Gasteiger partial charge in [-0.3, -0.25) is 0 Å². The maximum Gasteiger partial charge on any atom is 0.0266 e. The zero-order chi connectivity index (χ0) is 8.27. The van der Waals surface area contributed by atoms with Gasteiger partial charge < -0.3 is 5.73 Å². The molecule has 11 heavy (non-hydrogen) atoms. The fraction of sp³-hybridized carbons (Fsp3) is 0.200. The van der Waals surface area contributed by atoms with Crippen LogP contribution in [0, 0.1) is 12.3 Å². The fourth-order valence-corrected chi connectivity index (χ4v) is 0.883. The second-order valence-corrected chi connectivity index (χ2v) is 2.56. The molecule has 0 aliphatic heterocycles. The third kappa shape index (κ3) is 1.83. The molecule has 0 heterocycles. The highest BCUT2D eigenvalue weighted by Crippen LogP contribution is 2.09. The molecular weight excluding hydrogens is 134 g/mol. The molecule has 0 saturated heterocycles. The second-order valence-electron chi connectivity index (χ2n) is 2.56. The Kier molecular flexibility index (Phi) is 2.30. The second kappa shape index (κ2) is 3.23. The van der Waals surface area contributed by atoms with Gasteiger partial charge in [0.05, 0.1) is 0 Å². The van der Waals surface area contributed by atoms with E-state index in [2.05, 4.69) is 5.92 Å². The van der Waals surface area contributed by atoms with E-state index < -0.39 is 0 Å². The minimum Gasteiger partial charge on any atom is -0.324 e. The lowest BCUT2D eigenvalue weighted by Gasteiger charge is -2.03. The van der Waals surface area contributed by atoms with Gasteiger partial charge in [-0.25, -0.2) is 0 Å². The molecule has 0 bridgehead atoms. The van der Waals surface area contributed by atoms with Crippen LogP contribution in [0.15, 0.2) is 24.3 Å². The van der Waals surface area contributed by atoms with Crippen LogP contribution in [-0.4, -0.2) is 0 Å². The van der Waals surface area contributed by atoms with Gasteiger partial charge in [-0.15, -0.1) is 6.42 Å². The fourth-order valence-electron chi connectivity index (χ4n) is 0.883. The molecule has 56 valence electrons. The van der Waals surface area contributed by atoms with E-state index in [1.807, 2.05) is 31.2 Å². The van der Waals surface area contributed by atoms with Crippen molar-refractivity contribution in [2.24, 2.45) is 5.73 Å². The van der Waals surface area contributed by atoms with Gasteiger partial charge in [-0.1, -0.05) is 18.1 Å².